The van der Waals surface area contributed by atoms with Gasteiger partial charge in [-0.2, -0.15) is 0 Å². The first kappa shape index (κ1) is 14.6. The number of benzene rings is 2. The Hall–Kier alpha value is -2.35. The monoisotopic (exact) mass is 291 g/mol. The molecule has 1 unspecified atom stereocenters. The SMILES string of the molecule is CCC(C)c1ccc(NC(=O)C2=CCc3ccccc32)cc1. The topological polar surface area (TPSA) is 29.1 Å². The Balaban J connectivity index is 1.73. The fourth-order valence-corrected chi connectivity index (χ4v) is 2.83. The number of amides is 1. The minimum Gasteiger partial charge on any atom is -0.322 e. The molecule has 2 nitrogen and oxygen atoms in total. The molecule has 0 bridgehead atoms. The second kappa shape index (κ2) is 6.18. The minimum absolute atomic E-state index is 0.0266. The van der Waals surface area contributed by atoms with Crippen molar-refractivity contribution >= 4 is 17.2 Å². The molecule has 3 rings (SSSR count). The van der Waals surface area contributed by atoms with Gasteiger partial charge in [-0.05, 0) is 47.6 Å². The lowest BCUT2D eigenvalue weighted by atomic mass is 9.98. The van der Waals surface area contributed by atoms with Gasteiger partial charge in [-0.1, -0.05) is 56.3 Å². The van der Waals surface area contributed by atoms with Crippen LogP contribution in [0.5, 0.6) is 0 Å². The number of rotatable bonds is 4. The zero-order chi connectivity index (χ0) is 15.5. The van der Waals surface area contributed by atoms with Crippen LogP contribution in [0.4, 0.5) is 5.69 Å². The quantitative estimate of drug-likeness (QED) is 0.863. The molecule has 0 heterocycles. The van der Waals surface area contributed by atoms with Crippen LogP contribution >= 0.6 is 0 Å². The van der Waals surface area contributed by atoms with Crippen LogP contribution in [0.3, 0.4) is 0 Å². The Morgan fingerprint density at radius 1 is 1.14 bits per heavy atom. The van der Waals surface area contributed by atoms with Gasteiger partial charge in [0.1, 0.15) is 0 Å². The Morgan fingerprint density at radius 2 is 1.86 bits per heavy atom. The molecule has 0 saturated heterocycles. The van der Waals surface area contributed by atoms with E-state index in [4.69, 9.17) is 0 Å². The maximum Gasteiger partial charge on any atom is 0.255 e. The summed E-state index contributed by atoms with van der Waals surface area (Å²) in [7, 11) is 0. The van der Waals surface area contributed by atoms with E-state index < -0.39 is 0 Å². The third kappa shape index (κ3) is 2.82. The summed E-state index contributed by atoms with van der Waals surface area (Å²) in [5.74, 6) is 0.524. The molecule has 1 aliphatic carbocycles. The van der Waals surface area contributed by atoms with Crippen LogP contribution in [0, 0.1) is 0 Å². The highest BCUT2D eigenvalue weighted by Gasteiger charge is 2.19. The van der Waals surface area contributed by atoms with Crippen LogP contribution in [0.25, 0.3) is 5.57 Å². The minimum atomic E-state index is -0.0266. The molecule has 0 radical (unpaired) electrons. The van der Waals surface area contributed by atoms with E-state index in [0.29, 0.717) is 5.92 Å². The van der Waals surface area contributed by atoms with Gasteiger partial charge in [0.05, 0.1) is 0 Å². The van der Waals surface area contributed by atoms with Crippen LogP contribution in [0.1, 0.15) is 42.9 Å². The summed E-state index contributed by atoms with van der Waals surface area (Å²) >= 11 is 0. The van der Waals surface area contributed by atoms with Crippen LogP contribution in [-0.2, 0) is 11.2 Å². The first-order valence-corrected chi connectivity index (χ1v) is 7.88. The van der Waals surface area contributed by atoms with E-state index in [1.165, 1.54) is 11.1 Å². The molecule has 0 aromatic heterocycles. The van der Waals surface area contributed by atoms with Crippen molar-refractivity contribution in [2.75, 3.05) is 5.32 Å². The van der Waals surface area contributed by atoms with Crippen LogP contribution in [0.2, 0.25) is 0 Å². The summed E-state index contributed by atoms with van der Waals surface area (Å²) in [4.78, 5) is 12.5. The van der Waals surface area contributed by atoms with E-state index in [0.717, 1.165) is 29.7 Å². The lowest BCUT2D eigenvalue weighted by molar-refractivity contribution is -0.111. The Labute approximate surface area is 131 Å². The summed E-state index contributed by atoms with van der Waals surface area (Å²) in [5.41, 5.74) is 5.21. The lowest BCUT2D eigenvalue weighted by Gasteiger charge is -2.11. The number of hydrogen-bond donors (Lipinski definition) is 1. The van der Waals surface area contributed by atoms with E-state index in [2.05, 4.69) is 37.4 Å². The number of nitrogens with one attached hydrogen (secondary N) is 1. The number of carbonyl (C=O) groups excluding carboxylic acids is 1. The number of carbonyl (C=O) groups is 1. The average molecular weight is 291 g/mol. The first-order valence-electron chi connectivity index (χ1n) is 7.88. The predicted molar refractivity (Wildman–Crippen MR) is 91.9 cm³/mol. The molecule has 0 saturated carbocycles. The molecule has 0 spiro atoms. The van der Waals surface area contributed by atoms with E-state index in [9.17, 15) is 4.79 Å². The third-order valence-corrected chi connectivity index (χ3v) is 4.43. The summed E-state index contributed by atoms with van der Waals surface area (Å²) in [6.07, 6.45) is 3.97. The molecule has 0 fully saturated rings. The van der Waals surface area contributed by atoms with Crippen molar-refractivity contribution in [3.05, 3.63) is 71.3 Å². The Kier molecular flexibility index (Phi) is 4.10. The van der Waals surface area contributed by atoms with Gasteiger partial charge in [-0.25, -0.2) is 0 Å². The zero-order valence-electron chi connectivity index (χ0n) is 13.1. The molecule has 22 heavy (non-hydrogen) atoms. The van der Waals surface area contributed by atoms with Gasteiger partial charge in [0, 0.05) is 11.3 Å². The van der Waals surface area contributed by atoms with Gasteiger partial charge in [-0.15, -0.1) is 0 Å². The van der Waals surface area contributed by atoms with Crippen molar-refractivity contribution < 1.29 is 4.79 Å². The number of fused-ring (bicyclic) bond motifs is 1. The summed E-state index contributed by atoms with van der Waals surface area (Å²) in [6.45, 7) is 4.40. The summed E-state index contributed by atoms with van der Waals surface area (Å²) in [6, 6.07) is 16.3. The largest absolute Gasteiger partial charge is 0.322 e. The maximum atomic E-state index is 12.5. The highest BCUT2D eigenvalue weighted by molar-refractivity contribution is 6.26. The van der Waals surface area contributed by atoms with Gasteiger partial charge >= 0.3 is 0 Å². The number of hydrogen-bond acceptors (Lipinski definition) is 1. The fraction of sp³-hybridized carbons (Fsp3) is 0.250. The standard InChI is InChI=1S/C20H21NO/c1-3-14(2)15-8-11-17(12-9-15)21-20(22)19-13-10-16-6-4-5-7-18(16)19/h4-9,11-14H,3,10H2,1-2H3,(H,21,22). The molecule has 2 heteroatoms. The van der Waals surface area contributed by atoms with Crippen LogP contribution in [0.15, 0.2) is 54.6 Å². The van der Waals surface area contributed by atoms with Crippen molar-refractivity contribution in [3.8, 4) is 0 Å². The maximum absolute atomic E-state index is 12.5. The first-order chi connectivity index (χ1) is 10.7. The normalized spacial score (nSPS) is 14.2. The van der Waals surface area contributed by atoms with Gasteiger partial charge < -0.3 is 5.32 Å². The van der Waals surface area contributed by atoms with Crippen molar-refractivity contribution in [3.63, 3.8) is 0 Å². The Bertz CT molecular complexity index is 713. The molecule has 2 aromatic carbocycles. The third-order valence-electron chi connectivity index (χ3n) is 4.43. The van der Waals surface area contributed by atoms with E-state index in [-0.39, 0.29) is 5.91 Å². The van der Waals surface area contributed by atoms with Gasteiger partial charge in [0.2, 0.25) is 0 Å². The number of allylic oxidation sites excluding steroid dienone is 1. The van der Waals surface area contributed by atoms with E-state index in [1.807, 2.05) is 36.4 Å². The lowest BCUT2D eigenvalue weighted by Crippen LogP contribution is -2.12. The number of anilines is 1. The van der Waals surface area contributed by atoms with E-state index >= 15 is 0 Å². The van der Waals surface area contributed by atoms with Crippen molar-refractivity contribution in [1.29, 1.82) is 0 Å². The molecular formula is C20H21NO. The van der Waals surface area contributed by atoms with Gasteiger partial charge in [0.15, 0.2) is 0 Å². The van der Waals surface area contributed by atoms with E-state index in [1.54, 1.807) is 0 Å². The molecule has 1 N–H and O–H groups in total. The molecule has 112 valence electrons. The van der Waals surface area contributed by atoms with Crippen molar-refractivity contribution in [2.45, 2.75) is 32.6 Å². The Morgan fingerprint density at radius 3 is 2.59 bits per heavy atom. The molecule has 1 atom stereocenters. The highest BCUT2D eigenvalue weighted by atomic mass is 16.1. The summed E-state index contributed by atoms with van der Waals surface area (Å²) < 4.78 is 0. The van der Waals surface area contributed by atoms with Crippen LogP contribution in [-0.4, -0.2) is 5.91 Å². The molecular weight excluding hydrogens is 270 g/mol. The highest BCUT2D eigenvalue weighted by Crippen LogP contribution is 2.28. The second-order valence-electron chi connectivity index (χ2n) is 5.86. The molecule has 2 aromatic rings. The van der Waals surface area contributed by atoms with Crippen molar-refractivity contribution in [2.24, 2.45) is 0 Å². The summed E-state index contributed by atoms with van der Waals surface area (Å²) in [5, 5.41) is 3.00. The smallest absolute Gasteiger partial charge is 0.255 e. The predicted octanol–water partition coefficient (Wildman–Crippen LogP) is 4.78. The molecule has 1 aliphatic rings. The van der Waals surface area contributed by atoms with Crippen LogP contribution < -0.4 is 5.32 Å². The average Bonchev–Trinajstić information content (AvgIpc) is 2.99. The second-order valence-corrected chi connectivity index (χ2v) is 5.86. The zero-order valence-corrected chi connectivity index (χ0v) is 13.1. The van der Waals surface area contributed by atoms with Gasteiger partial charge in [0.25, 0.3) is 5.91 Å². The van der Waals surface area contributed by atoms with Gasteiger partial charge in [-0.3, -0.25) is 4.79 Å². The molecule has 0 aliphatic heterocycles. The molecule has 1 amide bonds. The van der Waals surface area contributed by atoms with Crippen molar-refractivity contribution in [1.82, 2.24) is 0 Å². The fourth-order valence-electron chi connectivity index (χ4n) is 2.83.